The van der Waals surface area contributed by atoms with Crippen LogP contribution in [-0.4, -0.2) is 28.0 Å². The SMILES string of the molecule is CCOC(=O)c1sc2ncn(CC(=O)NC(C)c3ccc(Cl)c(Cl)c3)c(=O)c2c1C. The van der Waals surface area contributed by atoms with E-state index in [2.05, 4.69) is 10.3 Å². The van der Waals surface area contributed by atoms with Crippen LogP contribution in [0.5, 0.6) is 0 Å². The molecule has 0 aliphatic carbocycles. The lowest BCUT2D eigenvalue weighted by Crippen LogP contribution is -2.34. The van der Waals surface area contributed by atoms with Gasteiger partial charge in [0.25, 0.3) is 5.56 Å². The Morgan fingerprint density at radius 3 is 2.70 bits per heavy atom. The monoisotopic (exact) mass is 467 g/mol. The lowest BCUT2D eigenvalue weighted by molar-refractivity contribution is -0.122. The Bertz CT molecular complexity index is 1190. The highest BCUT2D eigenvalue weighted by atomic mass is 35.5. The zero-order valence-electron chi connectivity index (χ0n) is 16.5. The van der Waals surface area contributed by atoms with Gasteiger partial charge in [-0.1, -0.05) is 29.3 Å². The number of amides is 1. The van der Waals surface area contributed by atoms with Crippen molar-refractivity contribution in [2.45, 2.75) is 33.4 Å². The van der Waals surface area contributed by atoms with Gasteiger partial charge >= 0.3 is 5.97 Å². The molecule has 0 saturated carbocycles. The van der Waals surface area contributed by atoms with Gasteiger partial charge < -0.3 is 10.1 Å². The number of nitrogens with zero attached hydrogens (tertiary/aromatic N) is 2. The van der Waals surface area contributed by atoms with Gasteiger partial charge in [-0.2, -0.15) is 0 Å². The van der Waals surface area contributed by atoms with Crippen molar-refractivity contribution in [3.63, 3.8) is 0 Å². The number of nitrogens with one attached hydrogen (secondary N) is 1. The molecule has 0 aliphatic rings. The maximum absolute atomic E-state index is 12.9. The van der Waals surface area contributed by atoms with Crippen molar-refractivity contribution in [2.24, 2.45) is 0 Å². The summed E-state index contributed by atoms with van der Waals surface area (Å²) in [4.78, 5) is 42.5. The van der Waals surface area contributed by atoms with Crippen molar-refractivity contribution < 1.29 is 14.3 Å². The smallest absolute Gasteiger partial charge is 0.348 e. The number of rotatable bonds is 6. The Labute approximate surface area is 186 Å². The molecule has 2 heterocycles. The predicted octanol–water partition coefficient (Wildman–Crippen LogP) is 4.13. The summed E-state index contributed by atoms with van der Waals surface area (Å²) < 4.78 is 6.24. The lowest BCUT2D eigenvalue weighted by Gasteiger charge is -2.15. The minimum Gasteiger partial charge on any atom is -0.462 e. The van der Waals surface area contributed by atoms with E-state index in [9.17, 15) is 14.4 Å². The number of fused-ring (bicyclic) bond motifs is 1. The molecule has 1 amide bonds. The summed E-state index contributed by atoms with van der Waals surface area (Å²) in [6.45, 7) is 5.21. The van der Waals surface area contributed by atoms with Gasteiger partial charge in [0.15, 0.2) is 0 Å². The quantitative estimate of drug-likeness (QED) is 0.550. The van der Waals surface area contributed by atoms with Crippen molar-refractivity contribution in [1.29, 1.82) is 0 Å². The zero-order valence-corrected chi connectivity index (χ0v) is 18.8. The number of carbonyl (C=O) groups is 2. The molecule has 1 unspecified atom stereocenters. The third-order valence-corrected chi connectivity index (χ3v) is 6.43. The van der Waals surface area contributed by atoms with E-state index in [1.54, 1.807) is 39.0 Å². The third kappa shape index (κ3) is 4.50. The molecule has 0 fully saturated rings. The molecule has 0 saturated heterocycles. The highest BCUT2D eigenvalue weighted by molar-refractivity contribution is 7.20. The largest absolute Gasteiger partial charge is 0.462 e. The summed E-state index contributed by atoms with van der Waals surface area (Å²) in [6.07, 6.45) is 1.30. The average Bonchev–Trinajstić information content (AvgIpc) is 3.03. The molecule has 0 radical (unpaired) electrons. The highest BCUT2D eigenvalue weighted by Gasteiger charge is 2.21. The van der Waals surface area contributed by atoms with Gasteiger partial charge in [0.1, 0.15) is 16.3 Å². The van der Waals surface area contributed by atoms with Crippen LogP contribution in [-0.2, 0) is 16.1 Å². The van der Waals surface area contributed by atoms with Crippen molar-refractivity contribution >= 4 is 56.6 Å². The van der Waals surface area contributed by atoms with Gasteiger partial charge in [-0.15, -0.1) is 11.3 Å². The fourth-order valence-electron chi connectivity index (χ4n) is 2.97. The van der Waals surface area contributed by atoms with Crippen LogP contribution in [0.2, 0.25) is 10.0 Å². The van der Waals surface area contributed by atoms with Crippen LogP contribution in [0.25, 0.3) is 10.2 Å². The van der Waals surface area contributed by atoms with Crippen LogP contribution in [0.15, 0.2) is 29.3 Å². The first-order valence-electron chi connectivity index (χ1n) is 9.12. The first-order valence-corrected chi connectivity index (χ1v) is 10.7. The van der Waals surface area contributed by atoms with E-state index in [-0.39, 0.29) is 30.7 Å². The minimum absolute atomic E-state index is 0.211. The summed E-state index contributed by atoms with van der Waals surface area (Å²) in [5, 5.41) is 3.96. The van der Waals surface area contributed by atoms with Gasteiger partial charge in [-0.25, -0.2) is 9.78 Å². The Morgan fingerprint density at radius 2 is 2.03 bits per heavy atom. The van der Waals surface area contributed by atoms with Crippen LogP contribution >= 0.6 is 34.5 Å². The van der Waals surface area contributed by atoms with E-state index in [4.69, 9.17) is 27.9 Å². The van der Waals surface area contributed by atoms with Gasteiger partial charge in [0.05, 0.1) is 34.4 Å². The fraction of sp³-hybridized carbons (Fsp3) is 0.300. The molecule has 158 valence electrons. The maximum Gasteiger partial charge on any atom is 0.348 e. The van der Waals surface area contributed by atoms with Crippen LogP contribution in [0.1, 0.15) is 40.7 Å². The number of halogens is 2. The van der Waals surface area contributed by atoms with E-state index in [1.807, 2.05) is 0 Å². The van der Waals surface area contributed by atoms with E-state index < -0.39 is 5.97 Å². The molecular formula is C20H19Cl2N3O4S. The molecule has 0 bridgehead atoms. The molecule has 0 spiro atoms. The van der Waals surface area contributed by atoms with Gasteiger partial charge in [-0.3, -0.25) is 14.2 Å². The number of benzene rings is 1. The zero-order chi connectivity index (χ0) is 22.0. The van der Waals surface area contributed by atoms with Crippen molar-refractivity contribution in [2.75, 3.05) is 6.61 Å². The van der Waals surface area contributed by atoms with Gasteiger partial charge in [0.2, 0.25) is 5.91 Å². The molecular weight excluding hydrogens is 449 g/mol. The van der Waals surface area contributed by atoms with E-state index in [1.165, 1.54) is 10.9 Å². The molecule has 30 heavy (non-hydrogen) atoms. The number of ether oxygens (including phenoxy) is 1. The summed E-state index contributed by atoms with van der Waals surface area (Å²) in [6, 6.07) is 4.77. The summed E-state index contributed by atoms with van der Waals surface area (Å²) >= 11 is 13.1. The van der Waals surface area contributed by atoms with Crippen LogP contribution < -0.4 is 10.9 Å². The Kier molecular flexibility index (Phi) is 6.80. The molecule has 1 N–H and O–H groups in total. The van der Waals surface area contributed by atoms with Crippen LogP contribution in [0.4, 0.5) is 0 Å². The Morgan fingerprint density at radius 1 is 1.30 bits per heavy atom. The summed E-state index contributed by atoms with van der Waals surface area (Å²) in [5.74, 6) is -0.854. The Balaban J connectivity index is 1.81. The van der Waals surface area contributed by atoms with Crippen molar-refractivity contribution in [3.8, 4) is 0 Å². The second-order valence-corrected chi connectivity index (χ2v) is 8.41. The number of carbonyl (C=O) groups excluding carboxylic acids is 2. The van der Waals surface area contributed by atoms with E-state index in [0.717, 1.165) is 16.9 Å². The molecule has 1 aromatic carbocycles. The average molecular weight is 468 g/mol. The van der Waals surface area contributed by atoms with Gasteiger partial charge in [-0.05, 0) is 44.0 Å². The highest BCUT2D eigenvalue weighted by Crippen LogP contribution is 2.28. The lowest BCUT2D eigenvalue weighted by atomic mass is 10.1. The molecule has 0 aliphatic heterocycles. The number of aryl methyl sites for hydroxylation is 1. The molecule has 3 aromatic rings. The second-order valence-electron chi connectivity index (χ2n) is 6.60. The number of esters is 1. The first-order chi connectivity index (χ1) is 14.2. The standard InChI is InChI=1S/C20H19Cl2N3O4S/c1-4-29-20(28)17-10(2)16-18(30-17)23-9-25(19(16)27)8-15(26)24-11(3)12-5-6-13(21)14(22)7-12/h5-7,9,11H,4,8H2,1-3H3,(H,24,26). The Hall–Kier alpha value is -2.42. The third-order valence-electron chi connectivity index (χ3n) is 4.51. The molecule has 1 atom stereocenters. The van der Waals surface area contributed by atoms with Crippen LogP contribution in [0, 0.1) is 6.92 Å². The van der Waals surface area contributed by atoms with Gasteiger partial charge in [0, 0.05) is 0 Å². The molecule has 3 rings (SSSR count). The minimum atomic E-state index is -0.489. The van der Waals surface area contributed by atoms with Crippen molar-refractivity contribution in [3.05, 3.63) is 60.9 Å². The predicted molar refractivity (Wildman–Crippen MR) is 118 cm³/mol. The van der Waals surface area contributed by atoms with E-state index in [0.29, 0.717) is 30.7 Å². The molecule has 2 aromatic heterocycles. The summed E-state index contributed by atoms with van der Waals surface area (Å²) in [7, 11) is 0. The normalized spacial score (nSPS) is 12.0. The molecule has 7 nitrogen and oxygen atoms in total. The first kappa shape index (κ1) is 22.3. The number of hydrogen-bond acceptors (Lipinski definition) is 6. The number of hydrogen-bond donors (Lipinski definition) is 1. The van der Waals surface area contributed by atoms with E-state index >= 15 is 0 Å². The van der Waals surface area contributed by atoms with Crippen molar-refractivity contribution in [1.82, 2.24) is 14.9 Å². The number of aromatic nitrogens is 2. The summed E-state index contributed by atoms with van der Waals surface area (Å²) in [5.41, 5.74) is 0.901. The van der Waals surface area contributed by atoms with Crippen LogP contribution in [0.3, 0.4) is 0 Å². The molecule has 10 heteroatoms. The maximum atomic E-state index is 12.9. The fourth-order valence-corrected chi connectivity index (χ4v) is 4.31. The topological polar surface area (TPSA) is 90.3 Å². The second kappa shape index (κ2) is 9.16. The number of thiophene rings is 1.